The monoisotopic (exact) mass is 352 g/mol. The quantitative estimate of drug-likeness (QED) is 0.848. The van der Waals surface area contributed by atoms with Crippen LogP contribution in [0.15, 0.2) is 17.2 Å². The molecule has 0 aromatic carbocycles. The molecule has 0 fully saturated rings. The van der Waals surface area contributed by atoms with Gasteiger partial charge in [0.25, 0.3) is 5.56 Å². The van der Waals surface area contributed by atoms with Gasteiger partial charge in [-0.25, -0.2) is 9.97 Å². The second-order valence-electron chi connectivity index (χ2n) is 8.88. The summed E-state index contributed by atoms with van der Waals surface area (Å²) in [5.41, 5.74) is 4.29. The van der Waals surface area contributed by atoms with Gasteiger partial charge in [-0.15, -0.1) is 0 Å². The summed E-state index contributed by atoms with van der Waals surface area (Å²) in [6.07, 6.45) is 9.20. The average molecular weight is 352 g/mol. The molecule has 1 aliphatic carbocycles. The molecule has 0 saturated carbocycles. The number of hydrogen-bond acceptors (Lipinski definition) is 4. The minimum atomic E-state index is -0.0950. The Morgan fingerprint density at radius 1 is 1.23 bits per heavy atom. The zero-order chi connectivity index (χ0) is 18.5. The van der Waals surface area contributed by atoms with Gasteiger partial charge in [0.1, 0.15) is 11.5 Å². The first-order valence-corrected chi connectivity index (χ1v) is 9.79. The Balaban J connectivity index is 1.54. The van der Waals surface area contributed by atoms with E-state index in [4.69, 9.17) is 4.98 Å². The Hall–Kier alpha value is -2.04. The highest BCUT2D eigenvalue weighted by Gasteiger charge is 2.33. The predicted molar refractivity (Wildman–Crippen MR) is 101 cm³/mol. The Bertz CT molecular complexity index is 897. The number of nitrogens with zero attached hydrogens (tertiary/aromatic N) is 4. The smallest absolute Gasteiger partial charge is 0.272 e. The van der Waals surface area contributed by atoms with Crippen molar-refractivity contribution < 1.29 is 0 Å². The van der Waals surface area contributed by atoms with Gasteiger partial charge in [-0.05, 0) is 43.6 Å². The fourth-order valence-electron chi connectivity index (χ4n) is 4.50. The van der Waals surface area contributed by atoms with Crippen LogP contribution in [0.5, 0.6) is 0 Å². The van der Waals surface area contributed by atoms with Crippen molar-refractivity contribution in [3.8, 4) is 0 Å². The fraction of sp³-hybridized carbons (Fsp3) is 0.619. The molecule has 2 aromatic rings. The summed E-state index contributed by atoms with van der Waals surface area (Å²) < 4.78 is 1.94. The van der Waals surface area contributed by atoms with E-state index in [1.165, 1.54) is 17.7 Å². The van der Waals surface area contributed by atoms with Gasteiger partial charge in [0.15, 0.2) is 0 Å². The normalized spacial score (nSPS) is 19.0. The SMILES string of the molecule is CC(C)c1ncc2n(c1=O)CC(CC(C)(C)c1ncc3c(n1)CCC3)C2. The molecule has 0 spiro atoms. The van der Waals surface area contributed by atoms with E-state index in [0.29, 0.717) is 11.6 Å². The molecule has 1 aliphatic heterocycles. The maximum absolute atomic E-state index is 12.7. The highest BCUT2D eigenvalue weighted by molar-refractivity contribution is 5.24. The third-order valence-electron chi connectivity index (χ3n) is 5.87. The summed E-state index contributed by atoms with van der Waals surface area (Å²) in [7, 11) is 0. The van der Waals surface area contributed by atoms with Crippen molar-refractivity contribution in [3.05, 3.63) is 51.2 Å². The van der Waals surface area contributed by atoms with Crippen LogP contribution in [0.4, 0.5) is 0 Å². The van der Waals surface area contributed by atoms with Gasteiger partial charge in [-0.3, -0.25) is 9.78 Å². The van der Waals surface area contributed by atoms with Gasteiger partial charge >= 0.3 is 0 Å². The van der Waals surface area contributed by atoms with E-state index >= 15 is 0 Å². The van der Waals surface area contributed by atoms with Crippen molar-refractivity contribution in [2.45, 2.75) is 77.7 Å². The molecule has 0 saturated heterocycles. The lowest BCUT2D eigenvalue weighted by Crippen LogP contribution is -2.28. The van der Waals surface area contributed by atoms with Gasteiger partial charge in [-0.1, -0.05) is 27.7 Å². The van der Waals surface area contributed by atoms with E-state index in [-0.39, 0.29) is 16.9 Å². The lowest BCUT2D eigenvalue weighted by molar-refractivity contribution is 0.338. The van der Waals surface area contributed by atoms with Crippen molar-refractivity contribution in [2.75, 3.05) is 0 Å². The Kier molecular flexibility index (Phi) is 4.20. The number of aromatic nitrogens is 4. The molecule has 26 heavy (non-hydrogen) atoms. The molecule has 1 unspecified atom stereocenters. The standard InChI is InChI=1S/C21H28N4O/c1-13(2)18-19(26)25-12-14(8-16(25)11-22-18)9-21(3,4)20-23-10-15-6-5-7-17(15)24-20/h10-11,13-14H,5-9,12H2,1-4H3. The van der Waals surface area contributed by atoms with Crippen LogP contribution in [-0.2, 0) is 31.2 Å². The summed E-state index contributed by atoms with van der Waals surface area (Å²) in [5, 5.41) is 0. The van der Waals surface area contributed by atoms with Crippen LogP contribution in [0.3, 0.4) is 0 Å². The Labute approximate surface area is 154 Å². The van der Waals surface area contributed by atoms with Crippen LogP contribution >= 0.6 is 0 Å². The van der Waals surface area contributed by atoms with E-state index in [0.717, 1.165) is 43.7 Å². The maximum Gasteiger partial charge on any atom is 0.272 e. The summed E-state index contributed by atoms with van der Waals surface area (Å²) in [5.74, 6) is 1.54. The van der Waals surface area contributed by atoms with E-state index in [9.17, 15) is 4.79 Å². The van der Waals surface area contributed by atoms with Crippen LogP contribution < -0.4 is 5.56 Å². The largest absolute Gasteiger partial charge is 0.309 e. The molecular weight excluding hydrogens is 324 g/mol. The molecule has 0 amide bonds. The number of fused-ring (bicyclic) bond motifs is 2. The molecule has 2 aliphatic rings. The van der Waals surface area contributed by atoms with E-state index < -0.39 is 0 Å². The van der Waals surface area contributed by atoms with Crippen LogP contribution in [-0.4, -0.2) is 19.5 Å². The minimum Gasteiger partial charge on any atom is -0.309 e. The average Bonchev–Trinajstić information content (AvgIpc) is 3.20. The minimum absolute atomic E-state index is 0.0894. The van der Waals surface area contributed by atoms with Gasteiger partial charge in [0.05, 0.1) is 0 Å². The van der Waals surface area contributed by atoms with Crippen LogP contribution in [0, 0.1) is 5.92 Å². The van der Waals surface area contributed by atoms with E-state index in [1.807, 2.05) is 30.8 Å². The molecule has 4 rings (SSSR count). The van der Waals surface area contributed by atoms with Crippen molar-refractivity contribution in [2.24, 2.45) is 5.92 Å². The molecule has 1 atom stereocenters. The molecular formula is C21H28N4O. The highest BCUT2D eigenvalue weighted by Crippen LogP contribution is 2.34. The van der Waals surface area contributed by atoms with Gasteiger partial charge in [-0.2, -0.15) is 0 Å². The van der Waals surface area contributed by atoms with Gasteiger partial charge < -0.3 is 4.57 Å². The van der Waals surface area contributed by atoms with Crippen molar-refractivity contribution in [3.63, 3.8) is 0 Å². The molecule has 5 heteroatoms. The number of hydrogen-bond donors (Lipinski definition) is 0. The summed E-state index contributed by atoms with van der Waals surface area (Å²) in [6, 6.07) is 0. The Morgan fingerprint density at radius 3 is 2.81 bits per heavy atom. The van der Waals surface area contributed by atoms with Crippen LogP contribution in [0.2, 0.25) is 0 Å². The lowest BCUT2D eigenvalue weighted by Gasteiger charge is -2.26. The van der Waals surface area contributed by atoms with Gasteiger partial charge in [0.2, 0.25) is 0 Å². The Morgan fingerprint density at radius 2 is 2.04 bits per heavy atom. The molecule has 2 aromatic heterocycles. The zero-order valence-electron chi connectivity index (χ0n) is 16.2. The van der Waals surface area contributed by atoms with Gasteiger partial charge in [0, 0.05) is 41.7 Å². The molecule has 3 heterocycles. The molecule has 0 radical (unpaired) electrons. The van der Waals surface area contributed by atoms with Crippen molar-refractivity contribution >= 4 is 0 Å². The third kappa shape index (κ3) is 2.97. The first-order valence-electron chi connectivity index (χ1n) is 9.79. The number of aryl methyl sites for hydroxylation is 2. The molecule has 5 nitrogen and oxygen atoms in total. The first kappa shape index (κ1) is 17.4. The summed E-state index contributed by atoms with van der Waals surface area (Å²) in [6.45, 7) is 9.29. The van der Waals surface area contributed by atoms with Crippen LogP contribution in [0.25, 0.3) is 0 Å². The van der Waals surface area contributed by atoms with Crippen molar-refractivity contribution in [1.82, 2.24) is 19.5 Å². The summed E-state index contributed by atoms with van der Waals surface area (Å²) in [4.78, 5) is 26.7. The lowest BCUT2D eigenvalue weighted by atomic mass is 9.81. The zero-order valence-corrected chi connectivity index (χ0v) is 16.2. The van der Waals surface area contributed by atoms with Crippen LogP contribution in [0.1, 0.15) is 74.9 Å². The first-order chi connectivity index (χ1) is 12.3. The highest BCUT2D eigenvalue weighted by atomic mass is 16.1. The second-order valence-corrected chi connectivity index (χ2v) is 8.88. The number of rotatable bonds is 4. The molecule has 0 bridgehead atoms. The maximum atomic E-state index is 12.7. The predicted octanol–water partition coefficient (Wildman–Crippen LogP) is 3.19. The van der Waals surface area contributed by atoms with E-state index in [1.54, 1.807) is 0 Å². The van der Waals surface area contributed by atoms with E-state index in [2.05, 4.69) is 23.8 Å². The van der Waals surface area contributed by atoms with Crippen molar-refractivity contribution in [1.29, 1.82) is 0 Å². The molecule has 138 valence electrons. The second kappa shape index (κ2) is 6.29. The topological polar surface area (TPSA) is 60.7 Å². The third-order valence-corrected chi connectivity index (χ3v) is 5.87. The molecule has 0 N–H and O–H groups in total. The summed E-state index contributed by atoms with van der Waals surface area (Å²) >= 11 is 0. The fourth-order valence-corrected chi connectivity index (χ4v) is 4.50.